The number of amides is 1. The lowest BCUT2D eigenvalue weighted by molar-refractivity contribution is 0.0949. The number of rotatable bonds is 4. The maximum Gasteiger partial charge on any atom is 0.251 e. The van der Waals surface area contributed by atoms with E-state index in [1.807, 2.05) is 0 Å². The second-order valence-corrected chi connectivity index (χ2v) is 5.44. The summed E-state index contributed by atoms with van der Waals surface area (Å²) in [6, 6.07) is 11.6. The number of carbonyl (C=O) groups is 1. The second-order valence-electron chi connectivity index (χ2n) is 5.00. The van der Waals surface area contributed by atoms with Gasteiger partial charge in [-0.15, -0.1) is 0 Å². The minimum Gasteiger partial charge on any atom is -0.356 e. The average molecular weight is 349 g/mol. The third-order valence-corrected chi connectivity index (χ3v) is 3.55. The highest BCUT2D eigenvalue weighted by molar-refractivity contribution is 6.30. The van der Waals surface area contributed by atoms with E-state index in [4.69, 9.17) is 16.1 Å². The Labute approximate surface area is 141 Å². The molecule has 0 aliphatic rings. The Morgan fingerprint density at radius 1 is 1.08 bits per heavy atom. The summed E-state index contributed by atoms with van der Waals surface area (Å²) in [5.74, 6) is -2.08. The van der Waals surface area contributed by atoms with Crippen molar-refractivity contribution in [1.29, 1.82) is 0 Å². The summed E-state index contributed by atoms with van der Waals surface area (Å²) in [5.41, 5.74) is 1.32. The van der Waals surface area contributed by atoms with Crippen molar-refractivity contribution in [2.24, 2.45) is 0 Å². The molecular weight excluding hydrogens is 338 g/mol. The zero-order chi connectivity index (χ0) is 17.1. The van der Waals surface area contributed by atoms with Crippen LogP contribution < -0.4 is 5.32 Å². The predicted octanol–water partition coefficient (Wildman–Crippen LogP) is 4.20. The molecule has 2 aromatic carbocycles. The van der Waals surface area contributed by atoms with E-state index < -0.39 is 17.5 Å². The van der Waals surface area contributed by atoms with E-state index in [9.17, 15) is 13.6 Å². The molecule has 3 aromatic rings. The lowest BCUT2D eigenvalue weighted by Gasteiger charge is -2.03. The molecule has 1 aromatic heterocycles. The van der Waals surface area contributed by atoms with Gasteiger partial charge >= 0.3 is 0 Å². The summed E-state index contributed by atoms with van der Waals surface area (Å²) >= 11 is 5.82. The van der Waals surface area contributed by atoms with Crippen LogP contribution in [0.3, 0.4) is 0 Å². The Bertz CT molecular complexity index is 879. The van der Waals surface area contributed by atoms with Crippen LogP contribution >= 0.6 is 11.6 Å². The van der Waals surface area contributed by atoms with Crippen molar-refractivity contribution in [1.82, 2.24) is 10.5 Å². The fourth-order valence-electron chi connectivity index (χ4n) is 2.06. The molecule has 24 heavy (non-hydrogen) atoms. The third-order valence-electron chi connectivity index (χ3n) is 3.30. The second kappa shape index (κ2) is 6.80. The van der Waals surface area contributed by atoms with E-state index >= 15 is 0 Å². The van der Waals surface area contributed by atoms with E-state index in [-0.39, 0.29) is 12.1 Å². The van der Waals surface area contributed by atoms with Crippen LogP contribution in [0.25, 0.3) is 11.3 Å². The normalized spacial score (nSPS) is 10.6. The molecule has 0 unspecified atom stereocenters. The first-order valence-electron chi connectivity index (χ1n) is 6.98. The monoisotopic (exact) mass is 348 g/mol. The van der Waals surface area contributed by atoms with Gasteiger partial charge in [-0.25, -0.2) is 8.78 Å². The van der Waals surface area contributed by atoms with Gasteiger partial charge in [-0.05, 0) is 42.5 Å². The van der Waals surface area contributed by atoms with Crippen molar-refractivity contribution in [2.75, 3.05) is 0 Å². The number of carbonyl (C=O) groups excluding carboxylic acids is 1. The highest BCUT2D eigenvalue weighted by Gasteiger charge is 2.11. The minimum atomic E-state index is -1.07. The Hall–Kier alpha value is -2.73. The minimum absolute atomic E-state index is 0.0234. The SMILES string of the molecule is O=C(NCc1cc(-c2ccc(Cl)cc2)on1)c1ccc(F)c(F)c1. The van der Waals surface area contributed by atoms with Crippen molar-refractivity contribution in [3.8, 4) is 11.3 Å². The molecule has 1 N–H and O–H groups in total. The van der Waals surface area contributed by atoms with Gasteiger partial charge in [0.2, 0.25) is 0 Å². The molecule has 1 heterocycles. The number of hydrogen-bond acceptors (Lipinski definition) is 3. The molecule has 0 saturated carbocycles. The fourth-order valence-corrected chi connectivity index (χ4v) is 2.18. The molecule has 7 heteroatoms. The first kappa shape index (κ1) is 16.1. The van der Waals surface area contributed by atoms with Gasteiger partial charge in [0, 0.05) is 22.2 Å². The summed E-state index contributed by atoms with van der Waals surface area (Å²) in [7, 11) is 0. The molecule has 0 radical (unpaired) electrons. The van der Waals surface area contributed by atoms with Crippen LogP contribution in [-0.4, -0.2) is 11.1 Å². The molecule has 122 valence electrons. The number of hydrogen-bond donors (Lipinski definition) is 1. The largest absolute Gasteiger partial charge is 0.356 e. The van der Waals surface area contributed by atoms with E-state index in [0.29, 0.717) is 16.5 Å². The quantitative estimate of drug-likeness (QED) is 0.768. The van der Waals surface area contributed by atoms with Crippen LogP contribution in [0.15, 0.2) is 53.1 Å². The number of nitrogens with zero attached hydrogens (tertiary/aromatic N) is 1. The van der Waals surface area contributed by atoms with Crippen molar-refractivity contribution in [3.05, 3.63) is 76.4 Å². The van der Waals surface area contributed by atoms with Gasteiger partial charge in [-0.3, -0.25) is 4.79 Å². The lowest BCUT2D eigenvalue weighted by Crippen LogP contribution is -2.23. The Balaban J connectivity index is 1.65. The van der Waals surface area contributed by atoms with Crippen LogP contribution in [0.1, 0.15) is 16.1 Å². The van der Waals surface area contributed by atoms with Crippen molar-refractivity contribution in [2.45, 2.75) is 6.54 Å². The molecule has 0 bridgehead atoms. The molecule has 0 fully saturated rings. The van der Waals surface area contributed by atoms with Crippen LogP contribution in [0.5, 0.6) is 0 Å². The average Bonchev–Trinajstić information content (AvgIpc) is 3.05. The maximum atomic E-state index is 13.1. The summed E-state index contributed by atoms with van der Waals surface area (Å²) in [4.78, 5) is 11.9. The molecule has 1 amide bonds. The van der Waals surface area contributed by atoms with Gasteiger partial charge < -0.3 is 9.84 Å². The zero-order valence-corrected chi connectivity index (χ0v) is 13.0. The molecule has 0 aliphatic heterocycles. The number of halogens is 3. The van der Waals surface area contributed by atoms with E-state index in [0.717, 1.165) is 17.7 Å². The summed E-state index contributed by atoms with van der Waals surface area (Å²) in [5, 5.41) is 7.03. The smallest absolute Gasteiger partial charge is 0.251 e. The maximum absolute atomic E-state index is 13.1. The molecule has 3 rings (SSSR count). The molecule has 0 saturated heterocycles. The van der Waals surface area contributed by atoms with Crippen LogP contribution in [0.4, 0.5) is 8.78 Å². The Morgan fingerprint density at radius 2 is 1.83 bits per heavy atom. The molecular formula is C17H11ClF2N2O2. The lowest BCUT2D eigenvalue weighted by atomic mass is 10.1. The Kier molecular flexibility index (Phi) is 4.57. The highest BCUT2D eigenvalue weighted by Crippen LogP contribution is 2.22. The van der Waals surface area contributed by atoms with Crippen LogP contribution in [0, 0.1) is 11.6 Å². The zero-order valence-electron chi connectivity index (χ0n) is 12.2. The van der Waals surface area contributed by atoms with Crippen LogP contribution in [-0.2, 0) is 6.54 Å². The number of nitrogens with one attached hydrogen (secondary N) is 1. The third kappa shape index (κ3) is 3.60. The molecule has 0 spiro atoms. The van der Waals surface area contributed by atoms with E-state index in [1.165, 1.54) is 6.07 Å². The van der Waals surface area contributed by atoms with Crippen molar-refractivity contribution < 1.29 is 18.1 Å². The van der Waals surface area contributed by atoms with Gasteiger partial charge in [-0.2, -0.15) is 0 Å². The first-order valence-corrected chi connectivity index (χ1v) is 7.35. The Morgan fingerprint density at radius 3 is 2.54 bits per heavy atom. The van der Waals surface area contributed by atoms with Gasteiger partial charge in [0.05, 0.1) is 6.54 Å². The molecule has 0 aliphatic carbocycles. The van der Waals surface area contributed by atoms with Gasteiger partial charge in [0.1, 0.15) is 5.69 Å². The summed E-state index contributed by atoms with van der Waals surface area (Å²) in [6.07, 6.45) is 0. The summed E-state index contributed by atoms with van der Waals surface area (Å²) < 4.78 is 31.2. The van der Waals surface area contributed by atoms with Crippen molar-refractivity contribution >= 4 is 17.5 Å². The number of aromatic nitrogens is 1. The molecule has 0 atom stereocenters. The van der Waals surface area contributed by atoms with E-state index in [2.05, 4.69) is 10.5 Å². The summed E-state index contributed by atoms with van der Waals surface area (Å²) in [6.45, 7) is 0.0922. The van der Waals surface area contributed by atoms with Crippen LogP contribution in [0.2, 0.25) is 5.02 Å². The van der Waals surface area contributed by atoms with Gasteiger partial charge in [0.15, 0.2) is 17.4 Å². The first-order chi connectivity index (χ1) is 11.5. The van der Waals surface area contributed by atoms with Gasteiger partial charge in [0.25, 0.3) is 5.91 Å². The predicted molar refractivity (Wildman–Crippen MR) is 84.5 cm³/mol. The molecule has 4 nitrogen and oxygen atoms in total. The number of benzene rings is 2. The standard InChI is InChI=1S/C17H11ClF2N2O2/c18-12-4-1-10(2-5-12)16-8-13(22-24-16)9-21-17(23)11-3-6-14(19)15(20)7-11/h1-8H,9H2,(H,21,23). The topological polar surface area (TPSA) is 55.1 Å². The van der Waals surface area contributed by atoms with Crippen molar-refractivity contribution in [3.63, 3.8) is 0 Å². The highest BCUT2D eigenvalue weighted by atomic mass is 35.5. The fraction of sp³-hybridized carbons (Fsp3) is 0.0588. The van der Waals surface area contributed by atoms with Gasteiger partial charge in [-0.1, -0.05) is 16.8 Å². The van der Waals surface area contributed by atoms with E-state index in [1.54, 1.807) is 30.3 Å².